The minimum Gasteiger partial charge on any atom is -0.482 e. The third-order valence-corrected chi connectivity index (χ3v) is 5.56. The molecular weight excluding hydrogens is 512 g/mol. The molecule has 5 nitrogen and oxygen atoms in total. The molecule has 0 spiro atoms. The summed E-state index contributed by atoms with van der Waals surface area (Å²) in [5.74, 6) is 0.932. The van der Waals surface area contributed by atoms with E-state index in [0.717, 1.165) is 20.1 Å². The molecule has 0 saturated carbocycles. The predicted molar refractivity (Wildman–Crippen MR) is 125 cm³/mol. The standard InChI is InChI=1S/C23H18Br2N2O3/c1-13-3-5-15(6-4-13)23-27-19-11-17(7-8-20(19)30-23)26-21(28)12-29-22-14(2)9-16(24)10-18(22)25/h3-11H,12H2,1-2H3,(H,26,28). The number of aromatic nitrogens is 1. The van der Waals surface area contributed by atoms with Crippen molar-refractivity contribution < 1.29 is 13.9 Å². The van der Waals surface area contributed by atoms with Crippen LogP contribution >= 0.6 is 31.9 Å². The fourth-order valence-electron chi connectivity index (χ4n) is 3.03. The lowest BCUT2D eigenvalue weighted by molar-refractivity contribution is -0.118. The highest BCUT2D eigenvalue weighted by Crippen LogP contribution is 2.32. The van der Waals surface area contributed by atoms with Gasteiger partial charge in [-0.1, -0.05) is 33.6 Å². The molecule has 0 radical (unpaired) electrons. The predicted octanol–water partition coefficient (Wildman–Crippen LogP) is 6.65. The molecule has 30 heavy (non-hydrogen) atoms. The van der Waals surface area contributed by atoms with Crippen LogP contribution in [0.1, 0.15) is 11.1 Å². The van der Waals surface area contributed by atoms with Gasteiger partial charge in [-0.3, -0.25) is 4.79 Å². The number of carbonyl (C=O) groups excluding carboxylic acids is 1. The SMILES string of the molecule is Cc1ccc(-c2nc3cc(NC(=O)COc4c(C)cc(Br)cc4Br)ccc3o2)cc1. The van der Waals surface area contributed by atoms with E-state index in [0.29, 0.717) is 28.4 Å². The average molecular weight is 530 g/mol. The number of oxazole rings is 1. The largest absolute Gasteiger partial charge is 0.482 e. The molecule has 3 aromatic carbocycles. The summed E-state index contributed by atoms with van der Waals surface area (Å²) in [6.45, 7) is 3.85. The fourth-order valence-corrected chi connectivity index (χ4v) is 4.58. The summed E-state index contributed by atoms with van der Waals surface area (Å²) >= 11 is 6.89. The summed E-state index contributed by atoms with van der Waals surface area (Å²) in [5, 5.41) is 2.84. The summed E-state index contributed by atoms with van der Waals surface area (Å²) in [6, 6.07) is 17.2. The van der Waals surface area contributed by atoms with Gasteiger partial charge in [-0.25, -0.2) is 4.98 Å². The Balaban J connectivity index is 1.46. The van der Waals surface area contributed by atoms with E-state index in [2.05, 4.69) is 42.2 Å². The van der Waals surface area contributed by atoms with Crippen LogP contribution in [0.3, 0.4) is 0 Å². The summed E-state index contributed by atoms with van der Waals surface area (Å²) in [6.07, 6.45) is 0. The molecule has 0 fully saturated rings. The van der Waals surface area contributed by atoms with Crippen molar-refractivity contribution in [2.45, 2.75) is 13.8 Å². The van der Waals surface area contributed by atoms with Gasteiger partial charge in [0.1, 0.15) is 11.3 Å². The first-order valence-corrected chi connectivity index (χ1v) is 10.8. The molecule has 1 N–H and O–H groups in total. The van der Waals surface area contributed by atoms with E-state index in [1.54, 1.807) is 18.2 Å². The van der Waals surface area contributed by atoms with Crippen LogP contribution in [0.4, 0.5) is 5.69 Å². The molecular formula is C23H18Br2N2O3. The van der Waals surface area contributed by atoms with Crippen molar-refractivity contribution >= 4 is 54.6 Å². The highest BCUT2D eigenvalue weighted by Gasteiger charge is 2.12. The van der Waals surface area contributed by atoms with Crippen LogP contribution in [-0.2, 0) is 4.79 Å². The van der Waals surface area contributed by atoms with Crippen LogP contribution in [0.5, 0.6) is 5.75 Å². The lowest BCUT2D eigenvalue weighted by Gasteiger charge is -2.12. The van der Waals surface area contributed by atoms with Crippen molar-refractivity contribution in [2.24, 2.45) is 0 Å². The molecule has 4 rings (SSSR count). The number of halogens is 2. The second-order valence-corrected chi connectivity index (χ2v) is 8.71. The molecule has 0 unspecified atom stereocenters. The Morgan fingerprint density at radius 3 is 2.57 bits per heavy atom. The number of hydrogen-bond acceptors (Lipinski definition) is 4. The van der Waals surface area contributed by atoms with E-state index in [9.17, 15) is 4.79 Å². The zero-order chi connectivity index (χ0) is 21.3. The van der Waals surface area contributed by atoms with E-state index in [4.69, 9.17) is 9.15 Å². The topological polar surface area (TPSA) is 64.4 Å². The number of rotatable bonds is 5. The Morgan fingerprint density at radius 1 is 1.07 bits per heavy atom. The number of carbonyl (C=O) groups is 1. The number of nitrogens with one attached hydrogen (secondary N) is 1. The molecule has 0 aliphatic heterocycles. The summed E-state index contributed by atoms with van der Waals surface area (Å²) in [7, 11) is 0. The Labute approximate surface area is 190 Å². The molecule has 0 bridgehead atoms. The molecule has 1 heterocycles. The number of fused-ring (bicyclic) bond motifs is 1. The van der Waals surface area contributed by atoms with E-state index < -0.39 is 0 Å². The van der Waals surface area contributed by atoms with Gasteiger partial charge >= 0.3 is 0 Å². The normalized spacial score (nSPS) is 10.9. The number of nitrogens with zero attached hydrogens (tertiary/aromatic N) is 1. The number of amides is 1. The van der Waals surface area contributed by atoms with Gasteiger partial charge in [0.05, 0.1) is 4.47 Å². The molecule has 152 valence electrons. The lowest BCUT2D eigenvalue weighted by atomic mass is 10.1. The van der Waals surface area contributed by atoms with Gasteiger partial charge in [0, 0.05) is 15.7 Å². The van der Waals surface area contributed by atoms with Crippen LogP contribution in [-0.4, -0.2) is 17.5 Å². The van der Waals surface area contributed by atoms with Crippen LogP contribution < -0.4 is 10.1 Å². The van der Waals surface area contributed by atoms with E-state index in [1.807, 2.05) is 50.2 Å². The maximum absolute atomic E-state index is 12.4. The zero-order valence-corrected chi connectivity index (χ0v) is 19.5. The quantitative estimate of drug-likeness (QED) is 0.314. The second kappa shape index (κ2) is 8.62. The van der Waals surface area contributed by atoms with Gasteiger partial charge in [-0.15, -0.1) is 0 Å². The van der Waals surface area contributed by atoms with E-state index >= 15 is 0 Å². The van der Waals surface area contributed by atoms with Gasteiger partial charge < -0.3 is 14.5 Å². The Hall–Kier alpha value is -2.64. The van der Waals surface area contributed by atoms with Crippen molar-refractivity contribution in [3.8, 4) is 17.2 Å². The first-order valence-electron chi connectivity index (χ1n) is 9.25. The maximum atomic E-state index is 12.4. The van der Waals surface area contributed by atoms with Crippen molar-refractivity contribution in [2.75, 3.05) is 11.9 Å². The van der Waals surface area contributed by atoms with Crippen LogP contribution in [0.25, 0.3) is 22.6 Å². The van der Waals surface area contributed by atoms with Crippen molar-refractivity contribution in [1.82, 2.24) is 4.98 Å². The maximum Gasteiger partial charge on any atom is 0.262 e. The lowest BCUT2D eigenvalue weighted by Crippen LogP contribution is -2.20. The highest BCUT2D eigenvalue weighted by molar-refractivity contribution is 9.11. The highest BCUT2D eigenvalue weighted by atomic mass is 79.9. The van der Waals surface area contributed by atoms with Crippen molar-refractivity contribution in [3.05, 3.63) is 74.7 Å². The van der Waals surface area contributed by atoms with Crippen molar-refractivity contribution in [1.29, 1.82) is 0 Å². The Kier molecular flexibility index (Phi) is 5.92. The number of aryl methyl sites for hydroxylation is 2. The Bertz CT molecular complexity index is 1210. The second-order valence-electron chi connectivity index (χ2n) is 6.94. The molecule has 0 saturated heterocycles. The number of hydrogen-bond donors (Lipinski definition) is 1. The average Bonchev–Trinajstić information content (AvgIpc) is 3.11. The van der Waals surface area contributed by atoms with E-state index in [-0.39, 0.29) is 12.5 Å². The minimum atomic E-state index is -0.258. The van der Waals surface area contributed by atoms with Gasteiger partial charge in [-0.05, 0) is 77.8 Å². The molecule has 1 amide bonds. The van der Waals surface area contributed by atoms with E-state index in [1.165, 1.54) is 5.56 Å². The summed E-state index contributed by atoms with van der Waals surface area (Å²) in [5.41, 5.74) is 4.98. The molecule has 1 aromatic heterocycles. The van der Waals surface area contributed by atoms with Gasteiger partial charge in [-0.2, -0.15) is 0 Å². The summed E-state index contributed by atoms with van der Waals surface area (Å²) in [4.78, 5) is 16.9. The molecule has 0 atom stereocenters. The third-order valence-electron chi connectivity index (χ3n) is 4.51. The van der Waals surface area contributed by atoms with Crippen LogP contribution in [0.2, 0.25) is 0 Å². The molecule has 7 heteroatoms. The fraction of sp³-hybridized carbons (Fsp3) is 0.130. The van der Waals surface area contributed by atoms with Gasteiger partial charge in [0.15, 0.2) is 12.2 Å². The summed E-state index contributed by atoms with van der Waals surface area (Å²) < 4.78 is 13.3. The minimum absolute atomic E-state index is 0.105. The van der Waals surface area contributed by atoms with Gasteiger partial charge in [0.25, 0.3) is 5.91 Å². The van der Waals surface area contributed by atoms with Crippen LogP contribution in [0.15, 0.2) is 68.0 Å². The van der Waals surface area contributed by atoms with Crippen LogP contribution in [0, 0.1) is 13.8 Å². The molecule has 4 aromatic rings. The van der Waals surface area contributed by atoms with Crippen molar-refractivity contribution in [3.63, 3.8) is 0 Å². The number of ether oxygens (including phenoxy) is 1. The first kappa shape index (κ1) is 20.6. The third kappa shape index (κ3) is 4.57. The zero-order valence-electron chi connectivity index (χ0n) is 16.3. The monoisotopic (exact) mass is 528 g/mol. The Morgan fingerprint density at radius 2 is 1.83 bits per heavy atom. The number of benzene rings is 3. The van der Waals surface area contributed by atoms with Gasteiger partial charge in [0.2, 0.25) is 5.89 Å². The molecule has 0 aliphatic carbocycles. The number of anilines is 1. The molecule has 0 aliphatic rings. The smallest absolute Gasteiger partial charge is 0.262 e. The first-order chi connectivity index (χ1) is 14.4.